The number of hydrogen-bond donors (Lipinski definition) is 1. The number of ether oxygens (including phenoxy) is 1. The first kappa shape index (κ1) is 17.5. The largest absolute Gasteiger partial charge is 0.383 e. The minimum absolute atomic E-state index is 0.0205. The highest BCUT2D eigenvalue weighted by atomic mass is 16.5. The highest BCUT2D eigenvalue weighted by Gasteiger charge is 2.16. The van der Waals surface area contributed by atoms with Crippen molar-refractivity contribution in [2.45, 2.75) is 20.0 Å². The first-order valence-electron chi connectivity index (χ1n) is 7.91. The van der Waals surface area contributed by atoms with Crippen LogP contribution in [0.15, 0.2) is 43.4 Å². The monoisotopic (exact) mass is 359 g/mol. The van der Waals surface area contributed by atoms with Gasteiger partial charge in [-0.1, -0.05) is 5.16 Å². The van der Waals surface area contributed by atoms with Gasteiger partial charge in [-0.15, -0.1) is 0 Å². The molecule has 10 nitrogen and oxygen atoms in total. The Bertz CT molecular complexity index is 1090. The molecule has 0 aliphatic heterocycles. The Kier molecular flexibility index (Phi) is 4.94. The van der Waals surface area contributed by atoms with Crippen LogP contribution in [0.1, 0.15) is 6.92 Å². The molecule has 0 radical (unpaired) electrons. The average Bonchev–Trinajstić information content (AvgIpc) is 3.11. The van der Waals surface area contributed by atoms with Crippen LogP contribution in [0.25, 0.3) is 22.8 Å². The molecule has 3 rings (SSSR count). The smallest absolute Gasteiger partial charge is 0.328 e. The van der Waals surface area contributed by atoms with E-state index in [1.807, 2.05) is 6.92 Å². The number of aromatic amines is 1. The van der Waals surface area contributed by atoms with E-state index in [9.17, 15) is 14.4 Å². The number of aryl methyl sites for hydroxylation is 1. The summed E-state index contributed by atoms with van der Waals surface area (Å²) in [4.78, 5) is 42.2. The van der Waals surface area contributed by atoms with Crippen LogP contribution in [0.2, 0.25) is 0 Å². The molecule has 0 fully saturated rings. The van der Waals surface area contributed by atoms with Gasteiger partial charge in [0.05, 0.1) is 13.2 Å². The van der Waals surface area contributed by atoms with Crippen molar-refractivity contribution in [1.82, 2.24) is 24.3 Å². The molecular formula is C16H17N5O5. The predicted molar refractivity (Wildman–Crippen MR) is 91.9 cm³/mol. The summed E-state index contributed by atoms with van der Waals surface area (Å²) in [6.45, 7) is 2.97. The quantitative estimate of drug-likeness (QED) is 0.661. The molecule has 0 aliphatic carbocycles. The maximum absolute atomic E-state index is 12.1. The van der Waals surface area contributed by atoms with Crippen LogP contribution >= 0.6 is 0 Å². The molecule has 0 saturated heterocycles. The Labute approximate surface area is 146 Å². The molecule has 3 aromatic rings. The van der Waals surface area contributed by atoms with Crippen molar-refractivity contribution < 1.29 is 9.26 Å². The van der Waals surface area contributed by atoms with Crippen molar-refractivity contribution in [3.05, 3.63) is 55.7 Å². The summed E-state index contributed by atoms with van der Waals surface area (Å²) in [5, 5.41) is 3.79. The van der Waals surface area contributed by atoms with Crippen molar-refractivity contribution in [3.63, 3.8) is 0 Å². The number of rotatable bonds is 6. The fourth-order valence-electron chi connectivity index (χ4n) is 2.38. The van der Waals surface area contributed by atoms with Crippen LogP contribution in [-0.2, 0) is 17.8 Å². The topological polar surface area (TPSA) is 125 Å². The lowest BCUT2D eigenvalue weighted by Gasteiger charge is -2.04. The number of nitrogens with one attached hydrogen (secondary N) is 1. The van der Waals surface area contributed by atoms with Gasteiger partial charge in [-0.05, 0) is 13.0 Å². The normalized spacial score (nSPS) is 11.0. The van der Waals surface area contributed by atoms with Gasteiger partial charge in [-0.2, -0.15) is 4.98 Å². The van der Waals surface area contributed by atoms with Crippen molar-refractivity contribution >= 4 is 0 Å². The van der Waals surface area contributed by atoms with Crippen molar-refractivity contribution in [2.24, 2.45) is 0 Å². The molecule has 0 aliphatic rings. The summed E-state index contributed by atoms with van der Waals surface area (Å²) >= 11 is 0. The zero-order valence-corrected chi connectivity index (χ0v) is 14.3. The molecule has 0 bridgehead atoms. The minimum atomic E-state index is -0.627. The van der Waals surface area contributed by atoms with Gasteiger partial charge in [-0.25, -0.2) is 4.79 Å². The zero-order valence-electron chi connectivity index (χ0n) is 14.3. The van der Waals surface area contributed by atoms with Gasteiger partial charge in [0.2, 0.25) is 5.82 Å². The van der Waals surface area contributed by atoms with E-state index in [4.69, 9.17) is 9.26 Å². The maximum Gasteiger partial charge on any atom is 0.328 e. The molecule has 0 spiro atoms. The third-order valence-corrected chi connectivity index (χ3v) is 3.80. The number of pyridine rings is 1. The molecule has 136 valence electrons. The highest BCUT2D eigenvalue weighted by Crippen LogP contribution is 2.18. The molecule has 0 unspecified atom stereocenters. The van der Waals surface area contributed by atoms with Gasteiger partial charge in [-0.3, -0.25) is 19.1 Å². The standard InChI is InChI=1S/C16H17N5O5/c1-3-20-5-4-10(8-12(20)22)15-17-13(19-26-15)11-9-21(6-7-25-2)16(24)18-14(11)23/h4-5,8-9H,3,6-7H2,1-2H3,(H,18,23,24). The van der Waals surface area contributed by atoms with Crippen molar-refractivity contribution in [3.8, 4) is 22.8 Å². The van der Waals surface area contributed by atoms with E-state index in [1.165, 1.54) is 28.5 Å². The molecule has 3 aromatic heterocycles. The molecule has 0 atom stereocenters. The molecule has 26 heavy (non-hydrogen) atoms. The van der Waals surface area contributed by atoms with Crippen molar-refractivity contribution in [2.75, 3.05) is 13.7 Å². The van der Waals surface area contributed by atoms with Crippen LogP contribution in [0.5, 0.6) is 0 Å². The molecular weight excluding hydrogens is 342 g/mol. The van der Waals surface area contributed by atoms with Crippen LogP contribution in [-0.4, -0.2) is 38.0 Å². The summed E-state index contributed by atoms with van der Waals surface area (Å²) < 4.78 is 12.9. The van der Waals surface area contributed by atoms with E-state index < -0.39 is 11.2 Å². The molecule has 3 heterocycles. The van der Waals surface area contributed by atoms with Crippen molar-refractivity contribution in [1.29, 1.82) is 0 Å². The number of aromatic nitrogens is 5. The Hall–Kier alpha value is -3.27. The Morgan fingerprint density at radius 3 is 2.77 bits per heavy atom. The van der Waals surface area contributed by atoms with Gasteiger partial charge in [0.25, 0.3) is 17.0 Å². The lowest BCUT2D eigenvalue weighted by atomic mass is 10.2. The third-order valence-electron chi connectivity index (χ3n) is 3.80. The fraction of sp³-hybridized carbons (Fsp3) is 0.312. The number of methoxy groups -OCH3 is 1. The second-order valence-electron chi connectivity index (χ2n) is 5.45. The zero-order chi connectivity index (χ0) is 18.7. The third kappa shape index (κ3) is 3.40. The lowest BCUT2D eigenvalue weighted by Crippen LogP contribution is -2.31. The molecule has 0 saturated carbocycles. The van der Waals surface area contributed by atoms with E-state index >= 15 is 0 Å². The lowest BCUT2D eigenvalue weighted by molar-refractivity contribution is 0.185. The van der Waals surface area contributed by atoms with Gasteiger partial charge in [0, 0.05) is 37.7 Å². The van der Waals surface area contributed by atoms with Gasteiger partial charge in [0.15, 0.2) is 0 Å². The minimum Gasteiger partial charge on any atom is -0.383 e. The van der Waals surface area contributed by atoms with E-state index in [0.717, 1.165) is 0 Å². The first-order chi connectivity index (χ1) is 12.5. The maximum atomic E-state index is 12.1. The number of hydrogen-bond acceptors (Lipinski definition) is 7. The highest BCUT2D eigenvalue weighted by molar-refractivity contribution is 5.57. The summed E-state index contributed by atoms with van der Waals surface area (Å²) in [5.74, 6) is 0.126. The molecule has 1 N–H and O–H groups in total. The molecule has 0 amide bonds. The predicted octanol–water partition coefficient (Wildman–Crippen LogP) is 0.0816. The summed E-state index contributed by atoms with van der Waals surface area (Å²) in [6, 6.07) is 3.05. The van der Waals surface area contributed by atoms with Crippen LogP contribution in [0.4, 0.5) is 0 Å². The van der Waals surface area contributed by atoms with E-state index in [1.54, 1.807) is 12.3 Å². The second kappa shape index (κ2) is 7.31. The van der Waals surface area contributed by atoms with Gasteiger partial charge < -0.3 is 13.8 Å². The van der Waals surface area contributed by atoms with E-state index in [0.29, 0.717) is 18.7 Å². The van der Waals surface area contributed by atoms with Crippen LogP contribution in [0, 0.1) is 0 Å². The molecule has 0 aromatic carbocycles. The molecule has 10 heteroatoms. The van der Waals surface area contributed by atoms with Gasteiger partial charge >= 0.3 is 5.69 Å². The number of H-pyrrole nitrogens is 1. The summed E-state index contributed by atoms with van der Waals surface area (Å²) in [6.07, 6.45) is 2.98. The van der Waals surface area contributed by atoms with E-state index in [2.05, 4.69) is 15.1 Å². The van der Waals surface area contributed by atoms with Crippen LogP contribution in [0.3, 0.4) is 0 Å². The summed E-state index contributed by atoms with van der Waals surface area (Å²) in [7, 11) is 1.51. The van der Waals surface area contributed by atoms with Crippen LogP contribution < -0.4 is 16.8 Å². The Morgan fingerprint density at radius 2 is 2.08 bits per heavy atom. The van der Waals surface area contributed by atoms with E-state index in [-0.39, 0.29) is 29.4 Å². The Morgan fingerprint density at radius 1 is 1.27 bits per heavy atom. The Balaban J connectivity index is 2.00. The second-order valence-corrected chi connectivity index (χ2v) is 5.45. The van der Waals surface area contributed by atoms with Gasteiger partial charge in [0.1, 0.15) is 5.56 Å². The average molecular weight is 359 g/mol. The number of nitrogens with zero attached hydrogens (tertiary/aromatic N) is 4. The fourth-order valence-corrected chi connectivity index (χ4v) is 2.38. The SMILES string of the molecule is CCn1ccc(-c2nc(-c3cn(CCOC)c(=O)[nH]c3=O)no2)cc1=O. The summed E-state index contributed by atoms with van der Waals surface area (Å²) in [5.41, 5.74) is -0.851. The first-order valence-corrected chi connectivity index (χ1v) is 7.91.